The smallest absolute Gasteiger partial charge is 0.229 e. The summed E-state index contributed by atoms with van der Waals surface area (Å²) in [5, 5.41) is 2.97. The van der Waals surface area contributed by atoms with Gasteiger partial charge in [0.25, 0.3) is 0 Å². The van der Waals surface area contributed by atoms with Crippen LogP contribution in [-0.2, 0) is 16.6 Å². The topological polar surface area (TPSA) is 47.6 Å². The van der Waals surface area contributed by atoms with Crippen LogP contribution in [0.5, 0.6) is 11.5 Å². The maximum atomic E-state index is 12.6. The molecule has 0 atom stereocenters. The Morgan fingerprint density at radius 2 is 1.64 bits per heavy atom. The van der Waals surface area contributed by atoms with Gasteiger partial charge in [-0.3, -0.25) is 4.79 Å². The van der Waals surface area contributed by atoms with Crippen molar-refractivity contribution in [3.05, 3.63) is 53.1 Å². The highest BCUT2D eigenvalue weighted by Gasteiger charge is 2.17. The standard InChI is InChI=1S/C21H27NO3/c1-14-7-9-18(24-5)15(11-14)12-20(23)22-17-13-16(21(2,3)4)8-10-19(17)25-6/h7-11,13H,12H2,1-6H3,(H,22,23). The number of benzene rings is 2. The highest BCUT2D eigenvalue weighted by atomic mass is 16.5. The predicted octanol–water partition coefficient (Wildman–Crippen LogP) is 4.49. The Labute approximate surface area is 150 Å². The lowest BCUT2D eigenvalue weighted by atomic mass is 9.87. The number of hydrogen-bond donors (Lipinski definition) is 1. The third-order valence-electron chi connectivity index (χ3n) is 4.13. The Bertz CT molecular complexity index is 760. The fourth-order valence-corrected chi connectivity index (χ4v) is 2.69. The second-order valence-electron chi connectivity index (χ2n) is 7.21. The molecule has 25 heavy (non-hydrogen) atoms. The molecule has 0 aliphatic heterocycles. The lowest BCUT2D eigenvalue weighted by Gasteiger charge is -2.21. The summed E-state index contributed by atoms with van der Waals surface area (Å²) in [6, 6.07) is 11.7. The van der Waals surface area contributed by atoms with E-state index in [0.717, 1.165) is 22.4 Å². The lowest BCUT2D eigenvalue weighted by Crippen LogP contribution is -2.17. The van der Waals surface area contributed by atoms with Crippen LogP contribution in [0.25, 0.3) is 0 Å². The van der Waals surface area contributed by atoms with Gasteiger partial charge in [-0.15, -0.1) is 0 Å². The molecule has 134 valence electrons. The van der Waals surface area contributed by atoms with Gasteiger partial charge >= 0.3 is 0 Å². The van der Waals surface area contributed by atoms with Crippen LogP contribution < -0.4 is 14.8 Å². The molecule has 0 saturated heterocycles. The third-order valence-corrected chi connectivity index (χ3v) is 4.13. The number of amides is 1. The van der Waals surface area contributed by atoms with Crippen molar-refractivity contribution in [3.63, 3.8) is 0 Å². The molecule has 0 saturated carbocycles. The average molecular weight is 341 g/mol. The summed E-state index contributed by atoms with van der Waals surface area (Å²) in [6.07, 6.45) is 0.244. The van der Waals surface area contributed by atoms with Crippen LogP contribution in [0.4, 0.5) is 5.69 Å². The van der Waals surface area contributed by atoms with Gasteiger partial charge in [0.1, 0.15) is 11.5 Å². The van der Waals surface area contributed by atoms with Crippen LogP contribution in [0.3, 0.4) is 0 Å². The van der Waals surface area contributed by atoms with Crippen LogP contribution in [0, 0.1) is 6.92 Å². The zero-order chi connectivity index (χ0) is 18.6. The van der Waals surface area contributed by atoms with Gasteiger partial charge in [0.05, 0.1) is 26.3 Å². The van der Waals surface area contributed by atoms with Crippen LogP contribution in [0.2, 0.25) is 0 Å². The van der Waals surface area contributed by atoms with Crippen molar-refractivity contribution in [1.29, 1.82) is 0 Å². The third kappa shape index (κ3) is 4.75. The average Bonchev–Trinajstić information content (AvgIpc) is 2.54. The first kappa shape index (κ1) is 18.8. The van der Waals surface area contributed by atoms with E-state index in [1.165, 1.54) is 0 Å². The van der Waals surface area contributed by atoms with E-state index < -0.39 is 0 Å². The quantitative estimate of drug-likeness (QED) is 0.871. The van der Waals surface area contributed by atoms with Crippen molar-refractivity contribution >= 4 is 11.6 Å². The van der Waals surface area contributed by atoms with Crippen LogP contribution in [0.15, 0.2) is 36.4 Å². The second-order valence-corrected chi connectivity index (χ2v) is 7.21. The number of anilines is 1. The molecule has 0 bridgehead atoms. The molecule has 0 heterocycles. The monoisotopic (exact) mass is 341 g/mol. The number of methoxy groups -OCH3 is 2. The molecule has 0 aliphatic rings. The molecule has 0 fully saturated rings. The molecular formula is C21H27NO3. The van der Waals surface area contributed by atoms with Crippen LogP contribution in [-0.4, -0.2) is 20.1 Å². The summed E-state index contributed by atoms with van der Waals surface area (Å²) >= 11 is 0. The Hall–Kier alpha value is -2.49. The van der Waals surface area contributed by atoms with Gasteiger partial charge in [0, 0.05) is 5.56 Å². The van der Waals surface area contributed by atoms with E-state index in [0.29, 0.717) is 11.4 Å². The molecule has 1 amide bonds. The summed E-state index contributed by atoms with van der Waals surface area (Å²) in [7, 11) is 3.22. The number of nitrogens with one attached hydrogen (secondary N) is 1. The summed E-state index contributed by atoms with van der Waals surface area (Å²) in [4.78, 5) is 12.6. The second kappa shape index (κ2) is 7.60. The molecule has 0 radical (unpaired) electrons. The molecule has 0 aromatic heterocycles. The van der Waals surface area contributed by atoms with Crippen molar-refractivity contribution < 1.29 is 14.3 Å². The van der Waals surface area contributed by atoms with Gasteiger partial charge in [-0.05, 0) is 36.1 Å². The SMILES string of the molecule is COc1ccc(C)cc1CC(=O)Nc1cc(C(C)(C)C)ccc1OC. The first-order valence-electron chi connectivity index (χ1n) is 8.36. The van der Waals surface area contributed by atoms with Crippen LogP contribution >= 0.6 is 0 Å². The maximum absolute atomic E-state index is 12.6. The molecule has 1 N–H and O–H groups in total. The van der Waals surface area contributed by atoms with Gasteiger partial charge < -0.3 is 14.8 Å². The molecule has 2 aromatic carbocycles. The van der Waals surface area contributed by atoms with E-state index >= 15 is 0 Å². The van der Waals surface area contributed by atoms with Crippen molar-refractivity contribution in [2.45, 2.75) is 39.5 Å². The number of ether oxygens (including phenoxy) is 2. The fraction of sp³-hybridized carbons (Fsp3) is 0.381. The molecular weight excluding hydrogens is 314 g/mol. The van der Waals surface area contributed by atoms with Gasteiger partial charge in [0.15, 0.2) is 0 Å². The molecule has 2 aromatic rings. The van der Waals surface area contributed by atoms with Gasteiger partial charge in [-0.25, -0.2) is 0 Å². The van der Waals surface area contributed by atoms with Crippen molar-refractivity contribution in [3.8, 4) is 11.5 Å². The fourth-order valence-electron chi connectivity index (χ4n) is 2.69. The minimum Gasteiger partial charge on any atom is -0.496 e. The van der Waals surface area contributed by atoms with E-state index in [1.54, 1.807) is 14.2 Å². The zero-order valence-corrected chi connectivity index (χ0v) is 15.9. The highest BCUT2D eigenvalue weighted by Crippen LogP contribution is 2.31. The zero-order valence-electron chi connectivity index (χ0n) is 15.9. The molecule has 2 rings (SSSR count). The molecule has 0 aliphatic carbocycles. The number of carbonyl (C=O) groups excluding carboxylic acids is 1. The first-order valence-corrected chi connectivity index (χ1v) is 8.36. The summed E-state index contributed by atoms with van der Waals surface area (Å²) in [6.45, 7) is 8.41. The van der Waals surface area contributed by atoms with E-state index in [2.05, 4.69) is 26.1 Å². The maximum Gasteiger partial charge on any atom is 0.229 e. The van der Waals surface area contributed by atoms with Crippen LogP contribution in [0.1, 0.15) is 37.5 Å². The van der Waals surface area contributed by atoms with E-state index in [4.69, 9.17) is 9.47 Å². The van der Waals surface area contributed by atoms with E-state index in [1.807, 2.05) is 43.3 Å². The molecule has 0 unspecified atom stereocenters. The van der Waals surface area contributed by atoms with Crippen molar-refractivity contribution in [2.24, 2.45) is 0 Å². The predicted molar refractivity (Wildman–Crippen MR) is 102 cm³/mol. The lowest BCUT2D eigenvalue weighted by molar-refractivity contribution is -0.115. The van der Waals surface area contributed by atoms with Gasteiger partial charge in [-0.1, -0.05) is 44.5 Å². The largest absolute Gasteiger partial charge is 0.496 e. The highest BCUT2D eigenvalue weighted by molar-refractivity contribution is 5.94. The number of aryl methyl sites for hydroxylation is 1. The van der Waals surface area contributed by atoms with Crippen molar-refractivity contribution in [2.75, 3.05) is 19.5 Å². The Morgan fingerprint density at radius 1 is 1.00 bits per heavy atom. The minimum atomic E-state index is -0.103. The van der Waals surface area contributed by atoms with Gasteiger partial charge in [0.2, 0.25) is 5.91 Å². The molecule has 4 nitrogen and oxygen atoms in total. The summed E-state index contributed by atoms with van der Waals surface area (Å²) < 4.78 is 10.7. The summed E-state index contributed by atoms with van der Waals surface area (Å²) in [5.74, 6) is 1.27. The normalized spacial score (nSPS) is 11.1. The number of hydrogen-bond acceptors (Lipinski definition) is 3. The summed E-state index contributed by atoms with van der Waals surface area (Å²) in [5.41, 5.74) is 3.77. The van der Waals surface area contributed by atoms with E-state index in [9.17, 15) is 4.79 Å². The van der Waals surface area contributed by atoms with Gasteiger partial charge in [-0.2, -0.15) is 0 Å². The minimum absolute atomic E-state index is 0.00842. The first-order chi connectivity index (χ1) is 11.7. The van der Waals surface area contributed by atoms with Crippen molar-refractivity contribution in [1.82, 2.24) is 0 Å². The number of carbonyl (C=O) groups is 1. The number of rotatable bonds is 5. The Morgan fingerprint density at radius 3 is 2.24 bits per heavy atom. The van der Waals surface area contributed by atoms with E-state index in [-0.39, 0.29) is 17.7 Å². The molecule has 0 spiro atoms. The Kier molecular flexibility index (Phi) is 5.73. The molecule has 4 heteroatoms. The Balaban J connectivity index is 2.24.